The molecule has 0 aliphatic heterocycles. The van der Waals surface area contributed by atoms with Crippen LogP contribution < -0.4 is 5.32 Å². The SMILES string of the molecule is O=C(O)C1(CNCCc2ccc(F)c(F)c2)CCC1. The molecule has 0 heterocycles. The van der Waals surface area contributed by atoms with Gasteiger partial charge in [-0.25, -0.2) is 8.78 Å². The molecular formula is C14H17F2NO2. The Morgan fingerprint density at radius 1 is 1.32 bits per heavy atom. The second kappa shape index (κ2) is 5.65. The van der Waals surface area contributed by atoms with E-state index in [1.54, 1.807) is 0 Å². The minimum absolute atomic E-state index is 0.437. The van der Waals surface area contributed by atoms with Gasteiger partial charge in [0, 0.05) is 6.54 Å². The van der Waals surface area contributed by atoms with Gasteiger partial charge in [-0.1, -0.05) is 12.5 Å². The van der Waals surface area contributed by atoms with Gasteiger partial charge in [0.05, 0.1) is 5.41 Å². The highest BCUT2D eigenvalue weighted by Crippen LogP contribution is 2.40. The average molecular weight is 269 g/mol. The number of aliphatic carboxylic acids is 1. The van der Waals surface area contributed by atoms with Crippen molar-refractivity contribution in [3.05, 3.63) is 35.4 Å². The van der Waals surface area contributed by atoms with Crippen molar-refractivity contribution in [3.8, 4) is 0 Å². The fourth-order valence-electron chi connectivity index (χ4n) is 2.33. The minimum Gasteiger partial charge on any atom is -0.481 e. The molecule has 3 nitrogen and oxygen atoms in total. The van der Waals surface area contributed by atoms with E-state index in [1.807, 2.05) is 0 Å². The van der Waals surface area contributed by atoms with Crippen LogP contribution in [0.2, 0.25) is 0 Å². The van der Waals surface area contributed by atoms with Crippen LogP contribution in [0.25, 0.3) is 0 Å². The molecule has 0 spiro atoms. The van der Waals surface area contributed by atoms with E-state index < -0.39 is 23.0 Å². The lowest BCUT2D eigenvalue weighted by molar-refractivity contribution is -0.154. The van der Waals surface area contributed by atoms with E-state index >= 15 is 0 Å². The zero-order valence-electron chi connectivity index (χ0n) is 10.6. The second-order valence-electron chi connectivity index (χ2n) is 5.11. The van der Waals surface area contributed by atoms with Gasteiger partial charge in [-0.15, -0.1) is 0 Å². The van der Waals surface area contributed by atoms with Crippen LogP contribution in [-0.2, 0) is 11.2 Å². The summed E-state index contributed by atoms with van der Waals surface area (Å²) in [5.74, 6) is -2.45. The molecule has 0 bridgehead atoms. The fraction of sp³-hybridized carbons (Fsp3) is 0.500. The van der Waals surface area contributed by atoms with Crippen LogP contribution in [0.3, 0.4) is 0 Å². The molecule has 0 unspecified atom stereocenters. The Bertz CT molecular complexity index is 473. The van der Waals surface area contributed by atoms with Crippen LogP contribution in [0.4, 0.5) is 8.78 Å². The normalized spacial score (nSPS) is 16.9. The number of carboxylic acid groups (broad SMARTS) is 1. The zero-order chi connectivity index (χ0) is 13.9. The molecule has 0 saturated heterocycles. The quantitative estimate of drug-likeness (QED) is 0.779. The van der Waals surface area contributed by atoms with E-state index in [9.17, 15) is 13.6 Å². The highest BCUT2D eigenvalue weighted by molar-refractivity contribution is 5.76. The van der Waals surface area contributed by atoms with Crippen LogP contribution in [0.1, 0.15) is 24.8 Å². The number of hydrogen-bond donors (Lipinski definition) is 2. The van der Waals surface area contributed by atoms with E-state index in [4.69, 9.17) is 5.11 Å². The Balaban J connectivity index is 1.77. The molecule has 0 aromatic heterocycles. The molecule has 0 amide bonds. The van der Waals surface area contributed by atoms with E-state index in [1.165, 1.54) is 12.1 Å². The first-order valence-electron chi connectivity index (χ1n) is 6.42. The smallest absolute Gasteiger partial charge is 0.310 e. The highest BCUT2D eigenvalue weighted by atomic mass is 19.2. The molecule has 0 radical (unpaired) electrons. The van der Waals surface area contributed by atoms with E-state index in [-0.39, 0.29) is 0 Å². The van der Waals surface area contributed by atoms with E-state index in [2.05, 4.69) is 5.32 Å². The molecule has 1 aromatic rings. The number of carboxylic acids is 1. The number of rotatable bonds is 6. The predicted molar refractivity (Wildman–Crippen MR) is 66.9 cm³/mol. The van der Waals surface area contributed by atoms with E-state index in [0.29, 0.717) is 37.9 Å². The van der Waals surface area contributed by atoms with Gasteiger partial charge < -0.3 is 10.4 Å². The minimum atomic E-state index is -0.851. The monoisotopic (exact) mass is 269 g/mol. The summed E-state index contributed by atoms with van der Waals surface area (Å²) in [4.78, 5) is 11.1. The van der Waals surface area contributed by atoms with Crippen LogP contribution in [-0.4, -0.2) is 24.2 Å². The van der Waals surface area contributed by atoms with Crippen molar-refractivity contribution >= 4 is 5.97 Å². The molecule has 2 N–H and O–H groups in total. The zero-order valence-corrected chi connectivity index (χ0v) is 10.6. The summed E-state index contributed by atoms with van der Waals surface area (Å²) in [6.07, 6.45) is 2.92. The maximum Gasteiger partial charge on any atom is 0.310 e. The summed E-state index contributed by atoms with van der Waals surface area (Å²) in [5.41, 5.74) is 0.0815. The number of hydrogen-bond acceptors (Lipinski definition) is 2. The predicted octanol–water partition coefficient (Wildman–Crippen LogP) is 2.35. The van der Waals surface area contributed by atoms with Gasteiger partial charge in [0.2, 0.25) is 0 Å². The lowest BCUT2D eigenvalue weighted by Gasteiger charge is -2.37. The van der Waals surface area contributed by atoms with Gasteiger partial charge in [0.1, 0.15) is 0 Å². The van der Waals surface area contributed by atoms with Gasteiger partial charge in [-0.05, 0) is 43.5 Å². The van der Waals surface area contributed by atoms with Gasteiger partial charge in [0.15, 0.2) is 11.6 Å². The van der Waals surface area contributed by atoms with E-state index in [0.717, 1.165) is 12.5 Å². The molecule has 0 atom stereocenters. The summed E-state index contributed by atoms with van der Waals surface area (Å²) in [7, 11) is 0. The molecule has 104 valence electrons. The lowest BCUT2D eigenvalue weighted by atomic mass is 9.69. The molecule has 5 heteroatoms. The first kappa shape index (κ1) is 13.9. The van der Waals surface area contributed by atoms with Crippen molar-refractivity contribution in [2.24, 2.45) is 5.41 Å². The lowest BCUT2D eigenvalue weighted by Crippen LogP contribution is -2.46. The third-order valence-electron chi connectivity index (χ3n) is 3.80. The van der Waals surface area contributed by atoms with Crippen molar-refractivity contribution < 1.29 is 18.7 Å². The molecule has 1 saturated carbocycles. The second-order valence-corrected chi connectivity index (χ2v) is 5.11. The average Bonchev–Trinajstić information content (AvgIpc) is 2.31. The third-order valence-corrected chi connectivity index (χ3v) is 3.80. The number of halogens is 2. The van der Waals surface area contributed by atoms with Crippen molar-refractivity contribution in [1.29, 1.82) is 0 Å². The Kier molecular flexibility index (Phi) is 4.14. The summed E-state index contributed by atoms with van der Waals surface area (Å²) < 4.78 is 25.7. The van der Waals surface area contributed by atoms with Crippen LogP contribution in [0, 0.1) is 17.0 Å². The third kappa shape index (κ3) is 3.10. The first-order chi connectivity index (χ1) is 9.03. The number of nitrogens with one attached hydrogen (secondary N) is 1. The molecule has 1 aliphatic carbocycles. The van der Waals surface area contributed by atoms with Crippen LogP contribution in [0.15, 0.2) is 18.2 Å². The molecule has 1 aromatic carbocycles. The van der Waals surface area contributed by atoms with Gasteiger partial charge in [-0.2, -0.15) is 0 Å². The standard InChI is InChI=1S/C14H17F2NO2/c15-11-3-2-10(8-12(11)16)4-7-17-9-14(13(18)19)5-1-6-14/h2-3,8,17H,1,4-7,9H2,(H,18,19). The molecular weight excluding hydrogens is 252 g/mol. The fourth-order valence-corrected chi connectivity index (χ4v) is 2.33. The summed E-state index contributed by atoms with van der Waals surface area (Å²) >= 11 is 0. The number of carbonyl (C=O) groups is 1. The molecule has 2 rings (SSSR count). The Morgan fingerprint density at radius 3 is 2.58 bits per heavy atom. The number of benzene rings is 1. The van der Waals surface area contributed by atoms with Crippen molar-refractivity contribution in [2.45, 2.75) is 25.7 Å². The van der Waals surface area contributed by atoms with Gasteiger partial charge in [-0.3, -0.25) is 4.79 Å². The molecule has 1 fully saturated rings. The largest absolute Gasteiger partial charge is 0.481 e. The van der Waals surface area contributed by atoms with Gasteiger partial charge >= 0.3 is 5.97 Å². The van der Waals surface area contributed by atoms with Crippen molar-refractivity contribution in [1.82, 2.24) is 5.32 Å². The maximum atomic E-state index is 13.0. The highest BCUT2D eigenvalue weighted by Gasteiger charge is 2.43. The molecule has 1 aliphatic rings. The Hall–Kier alpha value is -1.49. The summed E-state index contributed by atoms with van der Waals surface area (Å²) in [6, 6.07) is 3.82. The van der Waals surface area contributed by atoms with Gasteiger partial charge in [0.25, 0.3) is 0 Å². The summed E-state index contributed by atoms with van der Waals surface area (Å²) in [6.45, 7) is 0.992. The molecule has 19 heavy (non-hydrogen) atoms. The maximum absolute atomic E-state index is 13.0. The van der Waals surface area contributed by atoms with Crippen LogP contribution >= 0.6 is 0 Å². The van der Waals surface area contributed by atoms with Crippen molar-refractivity contribution in [3.63, 3.8) is 0 Å². The topological polar surface area (TPSA) is 49.3 Å². The Labute approximate surface area is 110 Å². The van der Waals surface area contributed by atoms with Crippen molar-refractivity contribution in [2.75, 3.05) is 13.1 Å². The summed E-state index contributed by atoms with van der Waals surface area (Å²) in [5, 5.41) is 12.2. The van der Waals surface area contributed by atoms with Crippen LogP contribution in [0.5, 0.6) is 0 Å². The Morgan fingerprint density at radius 2 is 2.05 bits per heavy atom. The first-order valence-corrected chi connectivity index (χ1v) is 6.42.